The summed E-state index contributed by atoms with van der Waals surface area (Å²) in [5, 5.41) is 11.8. The van der Waals surface area contributed by atoms with E-state index in [1.807, 2.05) is 13.8 Å². The van der Waals surface area contributed by atoms with Gasteiger partial charge in [-0.25, -0.2) is 4.79 Å². The van der Waals surface area contributed by atoms with Crippen LogP contribution in [0.3, 0.4) is 0 Å². The molecule has 0 aromatic rings. The van der Waals surface area contributed by atoms with Gasteiger partial charge in [-0.1, -0.05) is 13.8 Å². The number of carbonyl (C=O) groups is 4. The lowest BCUT2D eigenvalue weighted by atomic mass is 9.84. The maximum atomic E-state index is 13.4. The van der Waals surface area contributed by atoms with Gasteiger partial charge in [-0.15, -0.1) is 0 Å². The number of hydrogen-bond donors (Lipinski definition) is 2. The second-order valence-corrected chi connectivity index (χ2v) is 9.22. The molecule has 2 N–H and O–H groups in total. The molecule has 3 amide bonds. The van der Waals surface area contributed by atoms with Gasteiger partial charge in [0.25, 0.3) is 0 Å². The van der Waals surface area contributed by atoms with E-state index in [0.717, 1.165) is 0 Å². The average molecular weight is 411 g/mol. The van der Waals surface area contributed by atoms with E-state index >= 15 is 0 Å². The summed E-state index contributed by atoms with van der Waals surface area (Å²) in [6.07, 6.45) is 1.63. The summed E-state index contributed by atoms with van der Waals surface area (Å²) in [6, 6.07) is -0.831. The Balaban J connectivity index is 2.23. The van der Waals surface area contributed by atoms with Crippen LogP contribution in [0.25, 0.3) is 0 Å². The zero-order chi connectivity index (χ0) is 22.0. The smallest absolute Gasteiger partial charge is 0.408 e. The van der Waals surface area contributed by atoms with Gasteiger partial charge in [0, 0.05) is 13.1 Å². The Bertz CT molecular complexity index is 672. The highest BCUT2D eigenvalue weighted by molar-refractivity contribution is 5.96. The fourth-order valence-corrected chi connectivity index (χ4v) is 4.18. The van der Waals surface area contributed by atoms with Crippen LogP contribution in [0.1, 0.15) is 60.3 Å². The van der Waals surface area contributed by atoms with Crippen molar-refractivity contribution in [2.75, 3.05) is 19.6 Å². The molecule has 0 aromatic carbocycles. The lowest BCUT2D eigenvalue weighted by Crippen LogP contribution is -2.65. The third-order valence-corrected chi connectivity index (χ3v) is 5.39. The van der Waals surface area contributed by atoms with Crippen molar-refractivity contribution in [1.82, 2.24) is 15.1 Å². The number of nitrogens with zero attached hydrogens (tertiary/aromatic N) is 2. The summed E-state index contributed by atoms with van der Waals surface area (Å²) in [6.45, 7) is 9.28. The largest absolute Gasteiger partial charge is 0.480 e. The number of ether oxygens (including phenoxy) is 1. The third kappa shape index (κ3) is 5.19. The van der Waals surface area contributed by atoms with Crippen molar-refractivity contribution in [3.05, 3.63) is 0 Å². The number of carboxylic acid groups (broad SMARTS) is 1. The van der Waals surface area contributed by atoms with Crippen LogP contribution in [0.15, 0.2) is 0 Å². The van der Waals surface area contributed by atoms with E-state index in [-0.39, 0.29) is 24.3 Å². The molecule has 0 saturated carbocycles. The number of carboxylic acids is 1. The zero-order valence-corrected chi connectivity index (χ0v) is 18.0. The molecule has 0 bridgehead atoms. The van der Waals surface area contributed by atoms with Crippen LogP contribution in [0.5, 0.6) is 0 Å². The summed E-state index contributed by atoms with van der Waals surface area (Å²) >= 11 is 0. The topological polar surface area (TPSA) is 116 Å². The molecule has 2 saturated heterocycles. The SMILES string of the molecule is CC(C)C(NC(=O)OC(C)(C)C)C(=O)N1CCCC12CCCN(CC(=O)O)C2=O. The Labute approximate surface area is 171 Å². The molecule has 2 atom stereocenters. The monoisotopic (exact) mass is 411 g/mol. The highest BCUT2D eigenvalue weighted by atomic mass is 16.6. The number of likely N-dealkylation sites (tertiary alicyclic amines) is 2. The first-order valence-electron chi connectivity index (χ1n) is 10.2. The van der Waals surface area contributed by atoms with Crippen molar-refractivity contribution in [3.8, 4) is 0 Å². The highest BCUT2D eigenvalue weighted by Gasteiger charge is 2.54. The van der Waals surface area contributed by atoms with Gasteiger partial charge < -0.3 is 25.0 Å². The molecule has 29 heavy (non-hydrogen) atoms. The second-order valence-electron chi connectivity index (χ2n) is 9.22. The lowest BCUT2D eigenvalue weighted by Gasteiger charge is -2.45. The average Bonchev–Trinajstić information content (AvgIpc) is 2.98. The van der Waals surface area contributed by atoms with E-state index in [9.17, 15) is 19.2 Å². The molecule has 9 heteroatoms. The van der Waals surface area contributed by atoms with Crippen molar-refractivity contribution in [2.24, 2.45) is 5.92 Å². The Morgan fingerprint density at radius 1 is 1.17 bits per heavy atom. The van der Waals surface area contributed by atoms with Gasteiger partial charge in [-0.3, -0.25) is 14.4 Å². The first-order valence-corrected chi connectivity index (χ1v) is 10.2. The van der Waals surface area contributed by atoms with Gasteiger partial charge in [-0.2, -0.15) is 0 Å². The van der Waals surface area contributed by atoms with Crippen molar-refractivity contribution < 1.29 is 29.0 Å². The molecule has 9 nitrogen and oxygen atoms in total. The van der Waals surface area contributed by atoms with Crippen molar-refractivity contribution in [3.63, 3.8) is 0 Å². The van der Waals surface area contributed by atoms with E-state index in [0.29, 0.717) is 38.8 Å². The van der Waals surface area contributed by atoms with Crippen LogP contribution in [-0.4, -0.2) is 75.6 Å². The summed E-state index contributed by atoms with van der Waals surface area (Å²) in [5.74, 6) is -1.91. The Morgan fingerprint density at radius 3 is 2.28 bits per heavy atom. The molecule has 2 heterocycles. The molecule has 0 aromatic heterocycles. The summed E-state index contributed by atoms with van der Waals surface area (Å²) < 4.78 is 5.29. The van der Waals surface area contributed by atoms with Gasteiger partial charge in [0.1, 0.15) is 23.7 Å². The van der Waals surface area contributed by atoms with Crippen LogP contribution in [-0.2, 0) is 19.1 Å². The fraction of sp³-hybridized carbons (Fsp3) is 0.800. The number of aliphatic carboxylic acids is 1. The first-order chi connectivity index (χ1) is 13.4. The number of piperidine rings is 1. The van der Waals surface area contributed by atoms with E-state index in [1.54, 1.807) is 25.7 Å². The minimum atomic E-state index is -1.07. The molecule has 2 fully saturated rings. The van der Waals surface area contributed by atoms with E-state index in [2.05, 4.69) is 5.32 Å². The van der Waals surface area contributed by atoms with Crippen LogP contribution in [0.2, 0.25) is 0 Å². The molecule has 2 aliphatic heterocycles. The predicted molar refractivity (Wildman–Crippen MR) is 105 cm³/mol. The van der Waals surface area contributed by atoms with Gasteiger partial charge in [0.05, 0.1) is 0 Å². The highest BCUT2D eigenvalue weighted by Crippen LogP contribution is 2.39. The van der Waals surface area contributed by atoms with Gasteiger partial charge in [0.2, 0.25) is 11.8 Å². The van der Waals surface area contributed by atoms with Crippen LogP contribution < -0.4 is 5.32 Å². The summed E-state index contributed by atoms with van der Waals surface area (Å²) in [7, 11) is 0. The predicted octanol–water partition coefficient (Wildman–Crippen LogP) is 1.60. The second kappa shape index (κ2) is 8.59. The maximum Gasteiger partial charge on any atom is 0.408 e. The normalized spacial score (nSPS) is 23.4. The van der Waals surface area contributed by atoms with Gasteiger partial charge in [-0.05, 0) is 52.4 Å². The quantitative estimate of drug-likeness (QED) is 0.710. The molecule has 1 spiro atoms. The summed E-state index contributed by atoms with van der Waals surface area (Å²) in [5.41, 5.74) is -1.71. The lowest BCUT2D eigenvalue weighted by molar-refractivity contribution is -0.159. The molecule has 2 aliphatic rings. The molecule has 0 aliphatic carbocycles. The van der Waals surface area contributed by atoms with E-state index < -0.39 is 29.2 Å². The Kier molecular flexibility index (Phi) is 6.80. The van der Waals surface area contributed by atoms with Crippen LogP contribution >= 0.6 is 0 Å². The van der Waals surface area contributed by atoms with E-state index in [1.165, 1.54) is 4.90 Å². The van der Waals surface area contributed by atoms with Crippen molar-refractivity contribution in [1.29, 1.82) is 0 Å². The standard InChI is InChI=1S/C20H33N3O6/c1-13(2)15(21-18(28)29-19(3,4)5)16(26)23-11-7-9-20(23)8-6-10-22(17(20)27)12-14(24)25/h13,15H,6-12H2,1-5H3,(H,21,28)(H,24,25). The molecule has 0 radical (unpaired) electrons. The number of rotatable bonds is 5. The number of nitrogens with one attached hydrogen (secondary N) is 1. The molecule has 2 rings (SSSR count). The number of amides is 3. The van der Waals surface area contributed by atoms with Crippen molar-refractivity contribution in [2.45, 2.75) is 77.5 Å². The Morgan fingerprint density at radius 2 is 1.76 bits per heavy atom. The fourth-order valence-electron chi connectivity index (χ4n) is 4.18. The Hall–Kier alpha value is -2.32. The van der Waals surface area contributed by atoms with E-state index in [4.69, 9.17) is 9.84 Å². The van der Waals surface area contributed by atoms with Gasteiger partial charge >= 0.3 is 12.1 Å². The zero-order valence-electron chi connectivity index (χ0n) is 18.0. The van der Waals surface area contributed by atoms with Crippen molar-refractivity contribution >= 4 is 23.9 Å². The number of alkyl carbamates (subject to hydrolysis) is 1. The maximum absolute atomic E-state index is 13.4. The van der Waals surface area contributed by atoms with Crippen LogP contribution in [0, 0.1) is 5.92 Å². The molecule has 164 valence electrons. The molecular formula is C20H33N3O6. The summed E-state index contributed by atoms with van der Waals surface area (Å²) in [4.78, 5) is 52.8. The molecular weight excluding hydrogens is 378 g/mol. The van der Waals surface area contributed by atoms with Crippen LogP contribution in [0.4, 0.5) is 4.79 Å². The minimum Gasteiger partial charge on any atom is -0.480 e. The molecule has 2 unspecified atom stereocenters. The number of carbonyl (C=O) groups excluding carboxylic acids is 3. The first kappa shape index (κ1) is 23.0. The minimum absolute atomic E-state index is 0.207. The number of hydrogen-bond acceptors (Lipinski definition) is 5. The third-order valence-electron chi connectivity index (χ3n) is 5.39. The van der Waals surface area contributed by atoms with Gasteiger partial charge in [0.15, 0.2) is 0 Å².